The third kappa shape index (κ3) is 3.35. The second-order valence-corrected chi connectivity index (χ2v) is 2.50. The number of hydrogen-bond acceptors (Lipinski definition) is 7. The first kappa shape index (κ1) is 12.4. The van der Waals surface area contributed by atoms with Crippen molar-refractivity contribution in [3.8, 4) is 0 Å². The van der Waals surface area contributed by atoms with E-state index in [1.165, 1.54) is 0 Å². The highest BCUT2D eigenvalue weighted by Crippen LogP contribution is 1.98. The lowest BCUT2D eigenvalue weighted by atomic mass is 10.0. The number of hydrazine groups is 1. The minimum Gasteiger partial charge on any atom is -0.394 e. The molecule has 0 fully saturated rings. The number of aliphatic hydroxyl groups excluding tert-OH is 4. The third-order valence-corrected chi connectivity index (χ3v) is 1.57. The number of aliphatic hydroxyl groups is 4. The van der Waals surface area contributed by atoms with Crippen LogP contribution < -0.4 is 11.3 Å². The molecule has 7 nitrogen and oxygen atoms in total. The molecule has 0 saturated carbocycles. The van der Waals surface area contributed by atoms with Crippen molar-refractivity contribution in [3.05, 3.63) is 0 Å². The average molecular weight is 194 g/mol. The smallest absolute Gasteiger partial charge is 0.184 e. The number of nitrogens with two attached hydrogens (primary N) is 1. The molecule has 0 aliphatic rings. The van der Waals surface area contributed by atoms with E-state index in [-0.39, 0.29) is 0 Å². The Morgan fingerprint density at radius 1 is 1.31 bits per heavy atom. The highest BCUT2D eigenvalue weighted by Gasteiger charge is 2.29. The van der Waals surface area contributed by atoms with Crippen LogP contribution in [0.25, 0.3) is 0 Å². The van der Waals surface area contributed by atoms with Gasteiger partial charge in [0.05, 0.1) is 13.2 Å². The Morgan fingerprint density at radius 2 is 1.85 bits per heavy atom. The summed E-state index contributed by atoms with van der Waals surface area (Å²) in [5, 5.41) is 34.9. The van der Waals surface area contributed by atoms with E-state index >= 15 is 0 Å². The molecule has 0 amide bonds. The van der Waals surface area contributed by atoms with Gasteiger partial charge >= 0.3 is 0 Å². The molecular weight excluding hydrogens is 180 g/mol. The number of nitrogens with one attached hydrogen (secondary N) is 1. The number of carbonyl (C=O) groups is 1. The number of ketones is 1. The lowest BCUT2D eigenvalue weighted by Gasteiger charge is -2.19. The predicted octanol–water partition coefficient (Wildman–Crippen LogP) is -3.91. The first-order valence-corrected chi connectivity index (χ1v) is 3.66. The topological polar surface area (TPSA) is 136 Å². The van der Waals surface area contributed by atoms with E-state index in [0.717, 1.165) is 0 Å². The van der Waals surface area contributed by atoms with E-state index in [2.05, 4.69) is 0 Å². The van der Waals surface area contributed by atoms with Gasteiger partial charge in [-0.2, -0.15) is 0 Å². The summed E-state index contributed by atoms with van der Waals surface area (Å²) in [5.74, 6) is 4.01. The molecule has 7 heteroatoms. The fourth-order valence-electron chi connectivity index (χ4n) is 0.720. The molecule has 0 heterocycles. The zero-order valence-electron chi connectivity index (χ0n) is 6.92. The molecule has 0 aromatic carbocycles. The van der Waals surface area contributed by atoms with Gasteiger partial charge in [-0.05, 0) is 0 Å². The van der Waals surface area contributed by atoms with Crippen LogP contribution in [-0.4, -0.2) is 57.7 Å². The molecule has 0 radical (unpaired) electrons. The van der Waals surface area contributed by atoms with Crippen LogP contribution in [0.2, 0.25) is 0 Å². The van der Waals surface area contributed by atoms with E-state index in [1.54, 1.807) is 0 Å². The number of carbonyl (C=O) groups excluding carboxylic acids is 1. The average Bonchev–Trinajstić information content (AvgIpc) is 2.17. The number of Topliss-reactive ketones (excluding diaryl/α,β-unsaturated/α-hetero) is 1. The molecule has 0 aromatic rings. The maximum absolute atomic E-state index is 11.1. The van der Waals surface area contributed by atoms with Gasteiger partial charge in [-0.1, -0.05) is 0 Å². The van der Waals surface area contributed by atoms with Gasteiger partial charge < -0.3 is 20.4 Å². The van der Waals surface area contributed by atoms with E-state index in [1.807, 2.05) is 5.43 Å². The molecule has 0 bridgehead atoms. The largest absolute Gasteiger partial charge is 0.394 e. The van der Waals surface area contributed by atoms with Gasteiger partial charge in [0.1, 0.15) is 18.2 Å². The summed E-state index contributed by atoms with van der Waals surface area (Å²) >= 11 is 0. The monoisotopic (exact) mass is 194 g/mol. The van der Waals surface area contributed by atoms with Crippen LogP contribution >= 0.6 is 0 Å². The van der Waals surface area contributed by atoms with Crippen LogP contribution in [0.4, 0.5) is 0 Å². The van der Waals surface area contributed by atoms with Gasteiger partial charge in [-0.3, -0.25) is 10.6 Å². The SMILES string of the molecule is NN[C@@H](CO)C(=O)[C@H](O)[C@H](O)CO. The molecule has 0 aliphatic heterocycles. The number of hydrogen-bond donors (Lipinski definition) is 6. The molecular formula is C6H14N2O5. The summed E-state index contributed by atoms with van der Waals surface area (Å²) in [7, 11) is 0. The zero-order chi connectivity index (χ0) is 10.4. The highest BCUT2D eigenvalue weighted by molar-refractivity contribution is 5.88. The molecule has 0 rings (SSSR count). The van der Waals surface area contributed by atoms with Crippen molar-refractivity contribution in [3.63, 3.8) is 0 Å². The normalized spacial score (nSPS) is 17.9. The minimum absolute atomic E-state index is 0.593. The van der Waals surface area contributed by atoms with E-state index in [4.69, 9.17) is 26.3 Å². The summed E-state index contributed by atoms with van der Waals surface area (Å²) < 4.78 is 0. The molecule has 0 spiro atoms. The molecule has 0 aromatic heterocycles. The van der Waals surface area contributed by atoms with Gasteiger partial charge in [-0.15, -0.1) is 0 Å². The van der Waals surface area contributed by atoms with Crippen molar-refractivity contribution in [1.82, 2.24) is 5.43 Å². The summed E-state index contributed by atoms with van der Waals surface area (Å²) in [6, 6.07) is -1.14. The van der Waals surface area contributed by atoms with E-state index in [0.29, 0.717) is 0 Å². The Balaban J connectivity index is 4.22. The quantitative estimate of drug-likeness (QED) is 0.188. The number of rotatable bonds is 6. The molecule has 13 heavy (non-hydrogen) atoms. The summed E-state index contributed by atoms with van der Waals surface area (Å²) in [4.78, 5) is 11.1. The van der Waals surface area contributed by atoms with Crippen LogP contribution in [0.1, 0.15) is 0 Å². The van der Waals surface area contributed by atoms with Crippen molar-refractivity contribution >= 4 is 5.78 Å². The first-order chi connectivity index (χ1) is 6.08. The van der Waals surface area contributed by atoms with Crippen LogP contribution in [0, 0.1) is 0 Å². The minimum atomic E-state index is -1.75. The van der Waals surface area contributed by atoms with Crippen LogP contribution in [0.5, 0.6) is 0 Å². The Morgan fingerprint density at radius 3 is 2.15 bits per heavy atom. The van der Waals surface area contributed by atoms with Crippen molar-refractivity contribution in [1.29, 1.82) is 0 Å². The van der Waals surface area contributed by atoms with E-state index < -0.39 is 37.2 Å². The molecule has 7 N–H and O–H groups in total. The molecule has 3 atom stereocenters. The molecule has 78 valence electrons. The van der Waals surface area contributed by atoms with Crippen molar-refractivity contribution in [2.24, 2.45) is 5.84 Å². The van der Waals surface area contributed by atoms with Gasteiger partial charge in [0.2, 0.25) is 0 Å². The van der Waals surface area contributed by atoms with Gasteiger partial charge in [0, 0.05) is 0 Å². The zero-order valence-corrected chi connectivity index (χ0v) is 6.92. The Bertz CT molecular complexity index is 161. The summed E-state index contributed by atoms with van der Waals surface area (Å²) in [5.41, 5.74) is 1.96. The van der Waals surface area contributed by atoms with Gasteiger partial charge in [0.15, 0.2) is 5.78 Å². The second kappa shape index (κ2) is 5.97. The van der Waals surface area contributed by atoms with Crippen molar-refractivity contribution in [2.75, 3.05) is 13.2 Å². The maximum atomic E-state index is 11.1. The molecule has 0 saturated heterocycles. The van der Waals surface area contributed by atoms with Crippen LogP contribution in [0.15, 0.2) is 0 Å². The Hall–Kier alpha value is -0.570. The van der Waals surface area contributed by atoms with Crippen molar-refractivity contribution in [2.45, 2.75) is 18.2 Å². The Labute approximate surface area is 74.8 Å². The Kier molecular flexibility index (Phi) is 5.71. The maximum Gasteiger partial charge on any atom is 0.184 e. The second-order valence-electron chi connectivity index (χ2n) is 2.50. The fourth-order valence-corrected chi connectivity index (χ4v) is 0.720. The predicted molar refractivity (Wildman–Crippen MR) is 42.3 cm³/mol. The summed E-state index contributed by atoms with van der Waals surface area (Å²) in [6.07, 6.45) is -3.31. The van der Waals surface area contributed by atoms with Gasteiger partial charge in [0.25, 0.3) is 0 Å². The lowest BCUT2D eigenvalue weighted by molar-refractivity contribution is -0.137. The first-order valence-electron chi connectivity index (χ1n) is 3.66. The van der Waals surface area contributed by atoms with Crippen molar-refractivity contribution < 1.29 is 25.2 Å². The third-order valence-electron chi connectivity index (χ3n) is 1.57. The van der Waals surface area contributed by atoms with Crippen LogP contribution in [0.3, 0.4) is 0 Å². The highest BCUT2D eigenvalue weighted by atomic mass is 16.4. The fraction of sp³-hybridized carbons (Fsp3) is 0.833. The molecule has 0 unspecified atom stereocenters. The van der Waals surface area contributed by atoms with Crippen LogP contribution in [-0.2, 0) is 4.79 Å². The van der Waals surface area contributed by atoms with Gasteiger partial charge in [-0.25, -0.2) is 5.43 Å². The standard InChI is InChI=1S/C6H14N2O5/c7-8-3(1-9)5(12)6(13)4(11)2-10/h3-4,6,8-11,13H,1-2,7H2/t3-,4+,6+/m0/s1. The summed E-state index contributed by atoms with van der Waals surface area (Å²) in [6.45, 7) is -1.33. The lowest BCUT2D eigenvalue weighted by Crippen LogP contribution is -2.51. The molecule has 0 aliphatic carbocycles. The van der Waals surface area contributed by atoms with E-state index in [9.17, 15) is 4.79 Å².